The molecule has 7 nitrogen and oxygen atoms in total. The largest absolute Gasteiger partial charge is 0.489 e. The minimum atomic E-state index is -0.770. The number of allylic oxidation sites excluding steroid dienone is 1. The molecule has 0 bridgehead atoms. The second-order valence-electron chi connectivity index (χ2n) is 8.99. The summed E-state index contributed by atoms with van der Waals surface area (Å²) in [5, 5.41) is 9.41. The average molecular weight is 570 g/mol. The summed E-state index contributed by atoms with van der Waals surface area (Å²) in [5.41, 5.74) is 3.40. The fourth-order valence-electron chi connectivity index (χ4n) is 4.47. The van der Waals surface area contributed by atoms with E-state index in [1.807, 2.05) is 42.5 Å². The van der Waals surface area contributed by atoms with Crippen molar-refractivity contribution in [3.05, 3.63) is 131 Å². The smallest absolute Gasteiger partial charge is 0.338 e. The number of halogens is 1. The van der Waals surface area contributed by atoms with Gasteiger partial charge in [-0.3, -0.25) is 9.36 Å². The van der Waals surface area contributed by atoms with E-state index in [0.717, 1.165) is 11.1 Å². The van der Waals surface area contributed by atoms with E-state index >= 15 is 0 Å². The van der Waals surface area contributed by atoms with Crippen LogP contribution in [0.25, 0.3) is 6.08 Å². The van der Waals surface area contributed by atoms with Crippen LogP contribution in [0, 0.1) is 11.3 Å². The highest BCUT2D eigenvalue weighted by molar-refractivity contribution is 7.07. The van der Waals surface area contributed by atoms with Gasteiger partial charge in [0.2, 0.25) is 0 Å². The monoisotopic (exact) mass is 569 g/mol. The van der Waals surface area contributed by atoms with Crippen molar-refractivity contribution in [2.24, 2.45) is 4.99 Å². The van der Waals surface area contributed by atoms with E-state index in [0.29, 0.717) is 43.5 Å². The molecule has 40 heavy (non-hydrogen) atoms. The molecule has 1 aliphatic rings. The van der Waals surface area contributed by atoms with Gasteiger partial charge in [0.1, 0.15) is 18.4 Å². The fourth-order valence-corrected chi connectivity index (χ4v) is 5.76. The van der Waals surface area contributed by atoms with Gasteiger partial charge in [0.05, 0.1) is 34.0 Å². The number of fused-ring (bicyclic) bond motifs is 1. The van der Waals surface area contributed by atoms with Gasteiger partial charge in [-0.25, -0.2) is 9.79 Å². The van der Waals surface area contributed by atoms with Crippen LogP contribution in [0.3, 0.4) is 0 Å². The molecule has 0 unspecified atom stereocenters. The lowest BCUT2D eigenvalue weighted by atomic mass is 9.96. The second-order valence-corrected chi connectivity index (χ2v) is 10.4. The Kier molecular flexibility index (Phi) is 7.96. The van der Waals surface area contributed by atoms with Crippen LogP contribution in [0.1, 0.15) is 42.1 Å². The number of aromatic nitrogens is 1. The minimum Gasteiger partial charge on any atom is -0.489 e. The lowest BCUT2D eigenvalue weighted by Gasteiger charge is -2.25. The average Bonchev–Trinajstić information content (AvgIpc) is 3.26. The molecule has 4 aromatic rings. The van der Waals surface area contributed by atoms with E-state index < -0.39 is 12.0 Å². The maximum Gasteiger partial charge on any atom is 0.338 e. The van der Waals surface area contributed by atoms with Crippen molar-refractivity contribution in [1.82, 2.24) is 4.57 Å². The zero-order valence-corrected chi connectivity index (χ0v) is 23.3. The number of carbonyl (C=O) groups is 1. The first-order chi connectivity index (χ1) is 19.4. The van der Waals surface area contributed by atoms with E-state index in [1.54, 1.807) is 50.3 Å². The molecule has 0 amide bonds. The normalized spacial score (nSPS) is 14.8. The second kappa shape index (κ2) is 11.7. The van der Waals surface area contributed by atoms with Crippen LogP contribution in [0.5, 0.6) is 5.75 Å². The topological polar surface area (TPSA) is 93.7 Å². The Balaban J connectivity index is 1.53. The van der Waals surface area contributed by atoms with Gasteiger partial charge in [-0.1, -0.05) is 65.4 Å². The molecule has 1 aliphatic heterocycles. The van der Waals surface area contributed by atoms with Crippen molar-refractivity contribution in [2.75, 3.05) is 6.61 Å². The van der Waals surface area contributed by atoms with E-state index in [4.69, 9.17) is 26.3 Å². The number of thiazole rings is 1. The molecule has 0 spiro atoms. The molecule has 0 saturated carbocycles. The molecule has 0 radical (unpaired) electrons. The first-order valence-corrected chi connectivity index (χ1v) is 13.7. The third-order valence-electron chi connectivity index (χ3n) is 6.36. The zero-order chi connectivity index (χ0) is 28.2. The Morgan fingerprint density at radius 3 is 2.65 bits per heavy atom. The van der Waals surface area contributed by atoms with Crippen LogP contribution in [-0.2, 0) is 16.1 Å². The van der Waals surface area contributed by atoms with Gasteiger partial charge in [-0.05, 0) is 66.9 Å². The minimum absolute atomic E-state index is 0.193. The number of rotatable bonds is 7. The summed E-state index contributed by atoms with van der Waals surface area (Å²) in [5.74, 6) is 0.107. The van der Waals surface area contributed by atoms with Crippen LogP contribution in [0.4, 0.5) is 0 Å². The molecule has 9 heteroatoms. The molecule has 0 saturated heterocycles. The summed E-state index contributed by atoms with van der Waals surface area (Å²) < 4.78 is 13.3. The molecular formula is C31H24ClN3O4S. The first-order valence-electron chi connectivity index (χ1n) is 12.6. The fraction of sp³-hybridized carbons (Fsp3) is 0.161. The molecule has 2 heterocycles. The molecule has 0 fully saturated rings. The number of nitriles is 1. The van der Waals surface area contributed by atoms with Crippen molar-refractivity contribution in [3.8, 4) is 11.8 Å². The highest BCUT2D eigenvalue weighted by Gasteiger charge is 2.34. The maximum atomic E-state index is 13.8. The molecule has 200 valence electrons. The summed E-state index contributed by atoms with van der Waals surface area (Å²) in [6.07, 6.45) is 1.78. The van der Waals surface area contributed by atoms with Crippen molar-refractivity contribution in [3.63, 3.8) is 0 Å². The predicted octanol–water partition coefficient (Wildman–Crippen LogP) is 4.90. The van der Waals surface area contributed by atoms with Crippen molar-refractivity contribution < 1.29 is 14.3 Å². The van der Waals surface area contributed by atoms with Gasteiger partial charge in [-0.15, -0.1) is 0 Å². The van der Waals surface area contributed by atoms with Crippen LogP contribution in [0.15, 0.2) is 93.9 Å². The number of hydrogen-bond acceptors (Lipinski definition) is 7. The Labute approximate surface area is 239 Å². The number of esters is 1. The quantitative estimate of drug-likeness (QED) is 0.295. The highest BCUT2D eigenvalue weighted by atomic mass is 35.5. The lowest BCUT2D eigenvalue weighted by molar-refractivity contribution is -0.139. The summed E-state index contributed by atoms with van der Waals surface area (Å²) in [6.45, 7) is 4.00. The van der Waals surface area contributed by atoms with Gasteiger partial charge in [-0.2, -0.15) is 5.26 Å². The SMILES string of the molecule is CCOC(=O)C1=C(C)N=c2s/c(=C\c3cccc(OCc4ccc(C#N)cc4)c3)c(=O)n2[C@H]1c1ccccc1Cl. The van der Waals surface area contributed by atoms with Crippen LogP contribution in [-0.4, -0.2) is 17.1 Å². The summed E-state index contributed by atoms with van der Waals surface area (Å²) in [4.78, 5) is 31.9. The number of carbonyl (C=O) groups excluding carboxylic acids is 1. The van der Waals surface area contributed by atoms with Gasteiger partial charge in [0.15, 0.2) is 4.80 Å². The maximum absolute atomic E-state index is 13.8. The van der Waals surface area contributed by atoms with Gasteiger partial charge >= 0.3 is 5.97 Å². The number of hydrogen-bond donors (Lipinski definition) is 0. The highest BCUT2D eigenvalue weighted by Crippen LogP contribution is 2.34. The van der Waals surface area contributed by atoms with E-state index in [9.17, 15) is 9.59 Å². The molecule has 3 aromatic carbocycles. The Morgan fingerprint density at radius 2 is 1.93 bits per heavy atom. The molecule has 0 aliphatic carbocycles. The summed E-state index contributed by atoms with van der Waals surface area (Å²) in [7, 11) is 0. The van der Waals surface area contributed by atoms with Crippen molar-refractivity contribution in [1.29, 1.82) is 5.26 Å². The molecular weight excluding hydrogens is 546 g/mol. The Hall–Kier alpha value is -4.45. The van der Waals surface area contributed by atoms with Crippen molar-refractivity contribution >= 4 is 35.0 Å². The number of benzene rings is 3. The number of ether oxygens (including phenoxy) is 2. The molecule has 0 N–H and O–H groups in total. The van der Waals surface area contributed by atoms with Crippen LogP contribution < -0.4 is 19.6 Å². The third-order valence-corrected chi connectivity index (χ3v) is 7.69. The van der Waals surface area contributed by atoms with Gasteiger partial charge < -0.3 is 9.47 Å². The first kappa shape index (κ1) is 27.1. The summed E-state index contributed by atoms with van der Waals surface area (Å²) >= 11 is 7.80. The third kappa shape index (κ3) is 5.48. The molecule has 5 rings (SSSR count). The van der Waals surface area contributed by atoms with E-state index in [1.165, 1.54) is 15.9 Å². The van der Waals surface area contributed by atoms with E-state index in [-0.39, 0.29) is 17.7 Å². The number of nitrogens with zero attached hydrogens (tertiary/aromatic N) is 3. The molecule has 1 atom stereocenters. The lowest BCUT2D eigenvalue weighted by Crippen LogP contribution is -2.40. The standard InChI is InChI=1S/C31H24ClN3O4S/c1-3-38-30(37)27-19(2)34-31-35(28(27)24-9-4-5-10-25(24)32)29(36)26(40-31)16-22-7-6-8-23(15-22)39-18-21-13-11-20(17-33)12-14-21/h4-16,28H,3,18H2,1-2H3/b26-16-/t28-/m0/s1. The zero-order valence-electron chi connectivity index (χ0n) is 21.8. The Bertz CT molecular complexity index is 1850. The van der Waals surface area contributed by atoms with Crippen LogP contribution in [0.2, 0.25) is 5.02 Å². The van der Waals surface area contributed by atoms with E-state index in [2.05, 4.69) is 11.1 Å². The summed E-state index contributed by atoms with van der Waals surface area (Å²) in [6, 6.07) is 23.1. The van der Waals surface area contributed by atoms with Gasteiger partial charge in [0.25, 0.3) is 5.56 Å². The van der Waals surface area contributed by atoms with Gasteiger partial charge in [0, 0.05) is 5.02 Å². The Morgan fingerprint density at radius 1 is 1.15 bits per heavy atom. The predicted molar refractivity (Wildman–Crippen MR) is 154 cm³/mol. The molecule has 1 aromatic heterocycles. The van der Waals surface area contributed by atoms with Crippen molar-refractivity contribution in [2.45, 2.75) is 26.5 Å². The van der Waals surface area contributed by atoms with Crippen LogP contribution >= 0.6 is 22.9 Å².